The van der Waals surface area contributed by atoms with Crippen molar-refractivity contribution in [2.75, 3.05) is 13.7 Å². The van der Waals surface area contributed by atoms with Gasteiger partial charge in [0.1, 0.15) is 0 Å². The van der Waals surface area contributed by atoms with Gasteiger partial charge in [0.05, 0.1) is 12.7 Å². The van der Waals surface area contributed by atoms with Gasteiger partial charge in [0.25, 0.3) is 0 Å². The Hall–Kier alpha value is -2.10. The smallest absolute Gasteiger partial charge is 0.337 e. The molecule has 0 aliphatic heterocycles. The third-order valence-corrected chi connectivity index (χ3v) is 3.67. The van der Waals surface area contributed by atoms with Crippen LogP contribution in [0.3, 0.4) is 0 Å². The van der Waals surface area contributed by atoms with E-state index in [1.54, 1.807) is 12.1 Å². The summed E-state index contributed by atoms with van der Waals surface area (Å²) in [6.07, 6.45) is 7.78. The molecule has 0 saturated carbocycles. The number of ether oxygens (including phenoxy) is 1. The molecule has 1 aromatic carbocycles. The number of carbonyl (C=O) groups is 2. The molecule has 0 bridgehead atoms. The summed E-state index contributed by atoms with van der Waals surface area (Å²) >= 11 is 0. The van der Waals surface area contributed by atoms with E-state index in [4.69, 9.17) is 0 Å². The lowest BCUT2D eigenvalue weighted by Gasteiger charge is -2.09. The first-order valence-electron chi connectivity index (χ1n) is 7.29. The molecule has 112 valence electrons. The summed E-state index contributed by atoms with van der Waals surface area (Å²) < 4.78 is 4.65. The van der Waals surface area contributed by atoms with Crippen LogP contribution < -0.4 is 5.32 Å². The second kappa shape index (κ2) is 7.62. The number of allylic oxidation sites excluding steroid dienone is 2. The van der Waals surface area contributed by atoms with Crippen molar-refractivity contribution >= 4 is 11.9 Å². The van der Waals surface area contributed by atoms with E-state index in [0.29, 0.717) is 24.4 Å². The molecular weight excluding hydrogens is 266 g/mol. The van der Waals surface area contributed by atoms with E-state index in [1.165, 1.54) is 7.11 Å². The number of amides is 1. The average molecular weight is 287 g/mol. The predicted octanol–water partition coefficient (Wildman–Crippen LogP) is 2.49. The number of carbonyl (C=O) groups excluding carboxylic acids is 2. The Morgan fingerprint density at radius 3 is 2.67 bits per heavy atom. The van der Waals surface area contributed by atoms with Crippen molar-refractivity contribution in [3.8, 4) is 0 Å². The van der Waals surface area contributed by atoms with Crippen molar-refractivity contribution in [2.45, 2.75) is 25.7 Å². The molecule has 1 aliphatic carbocycles. The van der Waals surface area contributed by atoms with Crippen molar-refractivity contribution in [1.29, 1.82) is 0 Å². The van der Waals surface area contributed by atoms with E-state index in [0.717, 1.165) is 24.8 Å². The predicted molar refractivity (Wildman–Crippen MR) is 81.0 cm³/mol. The molecule has 0 fully saturated rings. The molecule has 1 amide bonds. The third kappa shape index (κ3) is 4.74. The normalized spacial score (nSPS) is 16.7. The molecule has 1 N–H and O–H groups in total. The minimum atomic E-state index is -0.334. The molecule has 2 rings (SSSR count). The zero-order valence-electron chi connectivity index (χ0n) is 12.3. The van der Waals surface area contributed by atoms with Gasteiger partial charge in [0.15, 0.2) is 0 Å². The van der Waals surface area contributed by atoms with Crippen LogP contribution in [0.1, 0.15) is 35.2 Å². The lowest BCUT2D eigenvalue weighted by Crippen LogP contribution is -2.27. The van der Waals surface area contributed by atoms with E-state index < -0.39 is 0 Å². The average Bonchev–Trinajstić information content (AvgIpc) is 3.00. The van der Waals surface area contributed by atoms with E-state index in [1.807, 2.05) is 12.1 Å². The fourth-order valence-electron chi connectivity index (χ4n) is 2.45. The van der Waals surface area contributed by atoms with Crippen LogP contribution >= 0.6 is 0 Å². The summed E-state index contributed by atoms with van der Waals surface area (Å²) in [6, 6.07) is 7.26. The van der Waals surface area contributed by atoms with E-state index in [9.17, 15) is 9.59 Å². The lowest BCUT2D eigenvalue weighted by molar-refractivity contribution is -0.121. The minimum absolute atomic E-state index is 0.109. The van der Waals surface area contributed by atoms with Gasteiger partial charge in [-0.2, -0.15) is 0 Å². The Morgan fingerprint density at radius 1 is 1.29 bits per heavy atom. The highest BCUT2D eigenvalue weighted by atomic mass is 16.5. The first kappa shape index (κ1) is 15.3. The SMILES string of the molecule is COC(=O)c1ccc(CCNC(=O)CC2C=CCC2)cc1. The summed E-state index contributed by atoms with van der Waals surface area (Å²) in [6.45, 7) is 0.618. The second-order valence-electron chi connectivity index (χ2n) is 5.26. The molecule has 1 atom stereocenters. The maximum atomic E-state index is 11.8. The standard InChI is InChI=1S/C17H21NO3/c1-21-17(20)15-8-6-13(7-9-15)10-11-18-16(19)12-14-4-2-3-5-14/h2,4,6-9,14H,3,5,10-12H2,1H3,(H,18,19). The summed E-state index contributed by atoms with van der Waals surface area (Å²) in [5.41, 5.74) is 1.63. The Bertz CT molecular complexity index is 519. The molecule has 0 heterocycles. The molecule has 0 aromatic heterocycles. The van der Waals surface area contributed by atoms with Crippen LogP contribution in [0.25, 0.3) is 0 Å². The number of methoxy groups -OCH3 is 1. The highest BCUT2D eigenvalue weighted by molar-refractivity contribution is 5.89. The Balaban J connectivity index is 1.71. The molecule has 4 nitrogen and oxygen atoms in total. The second-order valence-corrected chi connectivity index (χ2v) is 5.26. The van der Waals surface area contributed by atoms with E-state index >= 15 is 0 Å². The Morgan fingerprint density at radius 2 is 2.05 bits per heavy atom. The molecule has 1 aromatic rings. The number of benzene rings is 1. The number of nitrogens with one attached hydrogen (secondary N) is 1. The van der Waals surface area contributed by atoms with Gasteiger partial charge in [-0.15, -0.1) is 0 Å². The van der Waals surface area contributed by atoms with Gasteiger partial charge < -0.3 is 10.1 Å². The molecule has 0 radical (unpaired) electrons. The van der Waals surface area contributed by atoms with E-state index in [2.05, 4.69) is 22.2 Å². The topological polar surface area (TPSA) is 55.4 Å². The fourth-order valence-corrected chi connectivity index (χ4v) is 2.45. The van der Waals surface area contributed by atoms with Gasteiger partial charge >= 0.3 is 5.97 Å². The fraction of sp³-hybridized carbons (Fsp3) is 0.412. The van der Waals surface area contributed by atoms with Crippen molar-refractivity contribution in [2.24, 2.45) is 5.92 Å². The molecular formula is C17H21NO3. The maximum absolute atomic E-state index is 11.8. The first-order valence-corrected chi connectivity index (χ1v) is 7.29. The molecule has 4 heteroatoms. The monoisotopic (exact) mass is 287 g/mol. The number of hydrogen-bond donors (Lipinski definition) is 1. The van der Waals surface area contributed by atoms with Gasteiger partial charge in [0.2, 0.25) is 5.91 Å². The van der Waals surface area contributed by atoms with Crippen LogP contribution in [0.4, 0.5) is 0 Å². The molecule has 0 saturated heterocycles. The quantitative estimate of drug-likeness (QED) is 0.646. The van der Waals surface area contributed by atoms with E-state index in [-0.39, 0.29) is 11.9 Å². The first-order chi connectivity index (χ1) is 10.2. The van der Waals surface area contributed by atoms with Crippen LogP contribution in [-0.2, 0) is 16.0 Å². The van der Waals surface area contributed by atoms with Crippen LogP contribution in [-0.4, -0.2) is 25.5 Å². The van der Waals surface area contributed by atoms with Crippen LogP contribution in [0.15, 0.2) is 36.4 Å². The Labute approximate surface area is 125 Å². The third-order valence-electron chi connectivity index (χ3n) is 3.67. The van der Waals surface area contributed by atoms with Gasteiger partial charge in [-0.05, 0) is 42.9 Å². The minimum Gasteiger partial charge on any atom is -0.465 e. The number of rotatable bonds is 6. The molecule has 0 spiro atoms. The summed E-state index contributed by atoms with van der Waals surface area (Å²) in [5, 5.41) is 2.94. The number of hydrogen-bond acceptors (Lipinski definition) is 3. The zero-order valence-corrected chi connectivity index (χ0v) is 12.3. The maximum Gasteiger partial charge on any atom is 0.337 e. The molecule has 21 heavy (non-hydrogen) atoms. The lowest BCUT2D eigenvalue weighted by atomic mass is 10.0. The highest BCUT2D eigenvalue weighted by Gasteiger charge is 2.13. The summed E-state index contributed by atoms with van der Waals surface area (Å²) in [4.78, 5) is 23.1. The van der Waals surface area contributed by atoms with Gasteiger partial charge in [-0.1, -0.05) is 24.3 Å². The van der Waals surface area contributed by atoms with Crippen LogP contribution in [0.5, 0.6) is 0 Å². The zero-order chi connectivity index (χ0) is 15.1. The van der Waals surface area contributed by atoms with Gasteiger partial charge in [0, 0.05) is 13.0 Å². The van der Waals surface area contributed by atoms with Crippen molar-refractivity contribution in [3.63, 3.8) is 0 Å². The van der Waals surface area contributed by atoms with Crippen molar-refractivity contribution < 1.29 is 14.3 Å². The van der Waals surface area contributed by atoms with Crippen LogP contribution in [0, 0.1) is 5.92 Å². The van der Waals surface area contributed by atoms with Crippen molar-refractivity contribution in [3.05, 3.63) is 47.5 Å². The largest absolute Gasteiger partial charge is 0.465 e. The molecule has 1 aliphatic rings. The van der Waals surface area contributed by atoms with Gasteiger partial charge in [-0.25, -0.2) is 4.79 Å². The van der Waals surface area contributed by atoms with Crippen molar-refractivity contribution in [1.82, 2.24) is 5.32 Å². The van der Waals surface area contributed by atoms with Crippen LogP contribution in [0.2, 0.25) is 0 Å². The number of esters is 1. The molecule has 1 unspecified atom stereocenters. The Kier molecular flexibility index (Phi) is 5.55. The highest BCUT2D eigenvalue weighted by Crippen LogP contribution is 2.19. The summed E-state index contributed by atoms with van der Waals surface area (Å²) in [7, 11) is 1.37. The summed E-state index contributed by atoms with van der Waals surface area (Å²) in [5.74, 6) is 0.182. The van der Waals surface area contributed by atoms with Gasteiger partial charge in [-0.3, -0.25) is 4.79 Å².